The summed E-state index contributed by atoms with van der Waals surface area (Å²) in [6.07, 6.45) is 1.65. The highest BCUT2D eigenvalue weighted by Gasteiger charge is 2.11. The minimum absolute atomic E-state index is 0.276. The first-order valence-corrected chi connectivity index (χ1v) is 10.4. The zero-order chi connectivity index (χ0) is 21.3. The number of nitrogens with zero attached hydrogens (tertiary/aromatic N) is 1. The van der Waals surface area contributed by atoms with Crippen LogP contribution in [-0.4, -0.2) is 18.4 Å². The lowest BCUT2D eigenvalue weighted by atomic mass is 10.2. The third-order valence-electron chi connectivity index (χ3n) is 3.96. The lowest BCUT2D eigenvalue weighted by molar-refractivity contribution is 0.282. The largest absolute Gasteiger partial charge is 0.493 e. The van der Waals surface area contributed by atoms with E-state index in [1.54, 1.807) is 25.5 Å². The second-order valence-electron chi connectivity index (χ2n) is 6.14. The topological polar surface area (TPSA) is 54.9 Å². The van der Waals surface area contributed by atoms with Crippen LogP contribution in [0.15, 0.2) is 71.8 Å². The first kappa shape index (κ1) is 22.0. The summed E-state index contributed by atoms with van der Waals surface area (Å²) in [5.74, 6) is 0.922. The van der Waals surface area contributed by atoms with Crippen molar-refractivity contribution in [1.82, 2.24) is 5.43 Å². The molecular formula is C22H19FIN3O2S. The zero-order valence-electron chi connectivity index (χ0n) is 16.1. The minimum atomic E-state index is -0.276. The van der Waals surface area contributed by atoms with E-state index in [4.69, 9.17) is 21.7 Å². The molecule has 154 valence electrons. The molecule has 0 saturated carbocycles. The van der Waals surface area contributed by atoms with Crippen molar-refractivity contribution in [1.29, 1.82) is 0 Å². The molecule has 30 heavy (non-hydrogen) atoms. The highest BCUT2D eigenvalue weighted by Crippen LogP contribution is 2.34. The van der Waals surface area contributed by atoms with Gasteiger partial charge in [-0.15, -0.1) is 0 Å². The molecule has 5 nitrogen and oxygen atoms in total. The van der Waals surface area contributed by atoms with E-state index in [2.05, 4.69) is 38.4 Å². The molecule has 0 aliphatic rings. The fourth-order valence-electron chi connectivity index (χ4n) is 2.54. The van der Waals surface area contributed by atoms with Gasteiger partial charge in [0.25, 0.3) is 0 Å². The predicted molar refractivity (Wildman–Crippen MR) is 130 cm³/mol. The van der Waals surface area contributed by atoms with Crippen LogP contribution in [0, 0.1) is 9.39 Å². The van der Waals surface area contributed by atoms with Crippen molar-refractivity contribution in [3.8, 4) is 11.5 Å². The first-order chi connectivity index (χ1) is 14.5. The van der Waals surface area contributed by atoms with E-state index in [1.807, 2.05) is 42.5 Å². The van der Waals surface area contributed by atoms with Gasteiger partial charge < -0.3 is 14.8 Å². The normalized spacial score (nSPS) is 10.6. The smallest absolute Gasteiger partial charge is 0.191 e. The van der Waals surface area contributed by atoms with Gasteiger partial charge in [0.2, 0.25) is 0 Å². The molecule has 3 aromatic rings. The number of hydrogen-bond donors (Lipinski definition) is 2. The maximum atomic E-state index is 13.0. The lowest BCUT2D eigenvalue weighted by Crippen LogP contribution is -2.23. The van der Waals surface area contributed by atoms with Gasteiger partial charge in [-0.2, -0.15) is 5.10 Å². The van der Waals surface area contributed by atoms with Crippen LogP contribution in [0.25, 0.3) is 0 Å². The summed E-state index contributed by atoms with van der Waals surface area (Å²) >= 11 is 7.41. The molecule has 0 atom stereocenters. The van der Waals surface area contributed by atoms with Crippen LogP contribution in [0.2, 0.25) is 0 Å². The summed E-state index contributed by atoms with van der Waals surface area (Å²) in [5.41, 5.74) is 5.35. The average Bonchev–Trinajstić information content (AvgIpc) is 2.74. The average molecular weight is 535 g/mol. The number of methoxy groups -OCH3 is 1. The third-order valence-corrected chi connectivity index (χ3v) is 4.95. The van der Waals surface area contributed by atoms with Crippen molar-refractivity contribution in [3.05, 3.63) is 87.2 Å². The standard InChI is InChI=1S/C22H19FIN3O2S/c1-28-20-12-16(13-25-27-22(30)26-18-5-3-2-4-6-18)11-19(24)21(20)29-14-15-7-9-17(23)10-8-15/h2-13H,14H2,1H3,(H2,26,27,30)/b25-13-. The van der Waals surface area contributed by atoms with E-state index in [1.165, 1.54) is 12.1 Å². The van der Waals surface area contributed by atoms with Crippen molar-refractivity contribution < 1.29 is 13.9 Å². The summed E-state index contributed by atoms with van der Waals surface area (Å²) in [5, 5.41) is 7.60. The Morgan fingerprint density at radius 2 is 1.87 bits per heavy atom. The van der Waals surface area contributed by atoms with Gasteiger partial charge in [0.1, 0.15) is 12.4 Å². The zero-order valence-corrected chi connectivity index (χ0v) is 19.0. The fraction of sp³-hybridized carbons (Fsp3) is 0.0909. The molecule has 2 N–H and O–H groups in total. The predicted octanol–water partition coefficient (Wildman–Crippen LogP) is 5.34. The van der Waals surface area contributed by atoms with E-state index in [-0.39, 0.29) is 5.82 Å². The summed E-state index contributed by atoms with van der Waals surface area (Å²) in [6.45, 7) is 0.307. The number of anilines is 1. The van der Waals surface area contributed by atoms with Crippen molar-refractivity contribution in [2.75, 3.05) is 12.4 Å². The van der Waals surface area contributed by atoms with Crippen LogP contribution in [0.3, 0.4) is 0 Å². The van der Waals surface area contributed by atoms with Crippen LogP contribution >= 0.6 is 34.8 Å². The Morgan fingerprint density at radius 1 is 1.13 bits per heavy atom. The van der Waals surface area contributed by atoms with Gasteiger partial charge in [0.15, 0.2) is 16.6 Å². The lowest BCUT2D eigenvalue weighted by Gasteiger charge is -2.13. The number of benzene rings is 3. The molecule has 0 aliphatic carbocycles. The second kappa shape index (κ2) is 10.9. The van der Waals surface area contributed by atoms with Gasteiger partial charge in [0, 0.05) is 5.69 Å². The molecule has 3 rings (SSSR count). The number of ether oxygens (including phenoxy) is 2. The Bertz CT molecular complexity index is 1030. The van der Waals surface area contributed by atoms with Gasteiger partial charge in [0.05, 0.1) is 16.9 Å². The maximum Gasteiger partial charge on any atom is 0.191 e. The number of nitrogens with one attached hydrogen (secondary N) is 2. The molecule has 0 amide bonds. The molecular weight excluding hydrogens is 516 g/mol. The van der Waals surface area contributed by atoms with Gasteiger partial charge in [-0.1, -0.05) is 30.3 Å². The van der Waals surface area contributed by atoms with E-state index in [0.29, 0.717) is 23.2 Å². The molecule has 0 aromatic heterocycles. The molecule has 0 radical (unpaired) electrons. The van der Waals surface area contributed by atoms with E-state index in [9.17, 15) is 4.39 Å². The number of halogens is 2. The minimum Gasteiger partial charge on any atom is -0.493 e. The number of rotatable bonds is 7. The van der Waals surface area contributed by atoms with E-state index in [0.717, 1.165) is 20.4 Å². The Hall–Kier alpha value is -2.72. The summed E-state index contributed by atoms with van der Waals surface area (Å²) in [6, 6.07) is 19.5. The van der Waals surface area contributed by atoms with Crippen molar-refractivity contribution >= 4 is 51.8 Å². The maximum absolute atomic E-state index is 13.0. The summed E-state index contributed by atoms with van der Waals surface area (Å²) < 4.78 is 25.3. The van der Waals surface area contributed by atoms with Crippen LogP contribution < -0.4 is 20.2 Å². The Balaban J connectivity index is 1.63. The molecule has 3 aromatic carbocycles. The van der Waals surface area contributed by atoms with E-state index >= 15 is 0 Å². The highest BCUT2D eigenvalue weighted by atomic mass is 127. The Morgan fingerprint density at radius 3 is 2.57 bits per heavy atom. The number of para-hydroxylation sites is 1. The van der Waals surface area contributed by atoms with Crippen LogP contribution in [-0.2, 0) is 6.61 Å². The first-order valence-electron chi connectivity index (χ1n) is 8.95. The summed E-state index contributed by atoms with van der Waals surface area (Å²) in [7, 11) is 1.58. The van der Waals surface area contributed by atoms with Crippen molar-refractivity contribution in [3.63, 3.8) is 0 Å². The Labute approximate surface area is 193 Å². The number of thiocarbonyl (C=S) groups is 1. The monoisotopic (exact) mass is 535 g/mol. The quantitative estimate of drug-likeness (QED) is 0.185. The number of hydrogen-bond acceptors (Lipinski definition) is 4. The van der Waals surface area contributed by atoms with Crippen molar-refractivity contribution in [2.24, 2.45) is 5.10 Å². The van der Waals surface area contributed by atoms with Crippen LogP contribution in [0.4, 0.5) is 10.1 Å². The molecule has 0 fully saturated rings. The second-order valence-corrected chi connectivity index (χ2v) is 7.71. The number of hydrazone groups is 1. The molecule has 0 heterocycles. The molecule has 0 unspecified atom stereocenters. The van der Waals surface area contributed by atoms with Gasteiger partial charge in [-0.3, -0.25) is 5.43 Å². The molecule has 0 aliphatic heterocycles. The van der Waals surface area contributed by atoms with Gasteiger partial charge in [-0.25, -0.2) is 4.39 Å². The molecule has 0 spiro atoms. The van der Waals surface area contributed by atoms with Gasteiger partial charge in [-0.05, 0) is 82.3 Å². The van der Waals surface area contributed by atoms with Crippen molar-refractivity contribution in [2.45, 2.75) is 6.61 Å². The van der Waals surface area contributed by atoms with Gasteiger partial charge >= 0.3 is 0 Å². The highest BCUT2D eigenvalue weighted by molar-refractivity contribution is 14.1. The summed E-state index contributed by atoms with van der Waals surface area (Å²) in [4.78, 5) is 0. The molecule has 0 bridgehead atoms. The molecule has 8 heteroatoms. The van der Waals surface area contributed by atoms with E-state index < -0.39 is 0 Å². The SMILES string of the molecule is COc1cc(/C=N\NC(=S)Nc2ccccc2)cc(I)c1OCc1ccc(F)cc1. The van der Waals surface area contributed by atoms with Crippen LogP contribution in [0.1, 0.15) is 11.1 Å². The fourth-order valence-corrected chi connectivity index (χ4v) is 3.49. The third kappa shape index (κ3) is 6.39. The Kier molecular flexibility index (Phi) is 7.97. The van der Waals surface area contributed by atoms with Crippen LogP contribution in [0.5, 0.6) is 11.5 Å². The molecule has 0 saturated heterocycles.